The number of carbonyl (C=O) groups is 1. The number of anilines is 2. The van der Waals surface area contributed by atoms with Gasteiger partial charge in [-0.15, -0.1) is 0 Å². The molecule has 3 aromatic carbocycles. The first-order valence-electron chi connectivity index (χ1n) is 9.17. The van der Waals surface area contributed by atoms with Gasteiger partial charge in [-0.1, -0.05) is 41.9 Å². The van der Waals surface area contributed by atoms with E-state index in [0.29, 0.717) is 22.1 Å². The molecule has 0 bridgehead atoms. The van der Waals surface area contributed by atoms with E-state index in [0.717, 1.165) is 5.56 Å². The van der Waals surface area contributed by atoms with Gasteiger partial charge in [0.1, 0.15) is 5.75 Å². The third-order valence-corrected chi connectivity index (χ3v) is 6.03. The molecule has 0 saturated carbocycles. The number of hydrogen-bond donors (Lipinski definition) is 2. The van der Waals surface area contributed by atoms with Gasteiger partial charge in [0.05, 0.1) is 15.6 Å². The molecule has 0 saturated heterocycles. The highest BCUT2D eigenvalue weighted by molar-refractivity contribution is 7.92. The highest BCUT2D eigenvalue weighted by atomic mass is 35.5. The lowest BCUT2D eigenvalue weighted by atomic mass is 10.2. The quantitative estimate of drug-likeness (QED) is 0.545. The number of aryl methyl sites for hydroxylation is 1. The predicted molar refractivity (Wildman–Crippen MR) is 119 cm³/mol. The minimum absolute atomic E-state index is 0.0460. The molecule has 2 N–H and O–H groups in total. The maximum absolute atomic E-state index is 12.6. The van der Waals surface area contributed by atoms with Crippen molar-refractivity contribution < 1.29 is 17.9 Å². The van der Waals surface area contributed by atoms with Gasteiger partial charge in [0.15, 0.2) is 6.10 Å². The molecule has 6 nitrogen and oxygen atoms in total. The Balaban J connectivity index is 1.66. The number of halogens is 1. The van der Waals surface area contributed by atoms with Crippen molar-refractivity contribution in [2.75, 3.05) is 10.0 Å². The molecule has 3 rings (SSSR count). The fraction of sp³-hybridized carbons (Fsp3) is 0.136. The maximum Gasteiger partial charge on any atom is 0.265 e. The minimum Gasteiger partial charge on any atom is -0.481 e. The van der Waals surface area contributed by atoms with E-state index in [1.807, 2.05) is 25.1 Å². The third-order valence-electron chi connectivity index (χ3n) is 4.32. The smallest absolute Gasteiger partial charge is 0.265 e. The Bertz CT molecular complexity index is 1150. The molecule has 30 heavy (non-hydrogen) atoms. The van der Waals surface area contributed by atoms with Crippen LogP contribution in [0.25, 0.3) is 0 Å². The van der Waals surface area contributed by atoms with Crippen molar-refractivity contribution in [1.82, 2.24) is 0 Å². The van der Waals surface area contributed by atoms with Crippen molar-refractivity contribution in [2.45, 2.75) is 24.8 Å². The second-order valence-electron chi connectivity index (χ2n) is 6.62. The van der Waals surface area contributed by atoms with E-state index >= 15 is 0 Å². The number of rotatable bonds is 7. The van der Waals surface area contributed by atoms with E-state index in [1.54, 1.807) is 37.3 Å². The van der Waals surface area contributed by atoms with Crippen LogP contribution in [0, 0.1) is 6.92 Å². The lowest BCUT2D eigenvalue weighted by molar-refractivity contribution is -0.122. The van der Waals surface area contributed by atoms with E-state index < -0.39 is 16.1 Å². The summed E-state index contributed by atoms with van der Waals surface area (Å²) in [4.78, 5) is 12.5. The average molecular weight is 445 g/mol. The molecule has 0 aliphatic rings. The van der Waals surface area contributed by atoms with Crippen LogP contribution in [0.2, 0.25) is 5.02 Å². The van der Waals surface area contributed by atoms with Crippen molar-refractivity contribution in [1.29, 1.82) is 0 Å². The van der Waals surface area contributed by atoms with Crippen LogP contribution >= 0.6 is 11.6 Å². The number of para-hydroxylation sites is 2. The standard InChI is InChI=1S/C22H21ClN2O4S/c1-15-7-3-6-10-21(15)29-16(2)22(26)24-17-11-13-18(14-12-17)30(27,28)25-20-9-5-4-8-19(20)23/h3-14,16,25H,1-2H3,(H,24,26)/t16-/m0/s1. The average Bonchev–Trinajstić information content (AvgIpc) is 2.71. The molecule has 0 heterocycles. The molecule has 0 aliphatic carbocycles. The summed E-state index contributed by atoms with van der Waals surface area (Å²) in [5.74, 6) is 0.287. The number of amides is 1. The van der Waals surface area contributed by atoms with Crippen LogP contribution in [0.3, 0.4) is 0 Å². The molecular formula is C22H21ClN2O4S. The zero-order valence-electron chi connectivity index (χ0n) is 16.4. The number of nitrogens with one attached hydrogen (secondary N) is 2. The molecule has 0 unspecified atom stereocenters. The van der Waals surface area contributed by atoms with E-state index in [-0.39, 0.29) is 10.8 Å². The van der Waals surface area contributed by atoms with Gasteiger partial charge in [0, 0.05) is 5.69 Å². The van der Waals surface area contributed by atoms with Crippen LogP contribution in [0.5, 0.6) is 5.75 Å². The van der Waals surface area contributed by atoms with Crippen LogP contribution in [-0.2, 0) is 14.8 Å². The summed E-state index contributed by atoms with van der Waals surface area (Å²) in [6.45, 7) is 3.55. The molecule has 0 aliphatic heterocycles. The van der Waals surface area contributed by atoms with Gasteiger partial charge in [0.2, 0.25) is 0 Å². The first kappa shape index (κ1) is 21.7. The van der Waals surface area contributed by atoms with E-state index in [4.69, 9.17) is 16.3 Å². The minimum atomic E-state index is -3.81. The molecule has 156 valence electrons. The monoisotopic (exact) mass is 444 g/mol. The Morgan fingerprint density at radius 2 is 1.60 bits per heavy atom. The van der Waals surface area contributed by atoms with Crippen LogP contribution in [0.1, 0.15) is 12.5 Å². The first-order chi connectivity index (χ1) is 14.3. The fourth-order valence-corrected chi connectivity index (χ4v) is 3.96. The van der Waals surface area contributed by atoms with Crippen molar-refractivity contribution in [3.8, 4) is 5.75 Å². The highest BCUT2D eigenvalue weighted by Crippen LogP contribution is 2.25. The molecular weight excluding hydrogens is 424 g/mol. The lowest BCUT2D eigenvalue weighted by Gasteiger charge is -2.16. The first-order valence-corrected chi connectivity index (χ1v) is 11.0. The van der Waals surface area contributed by atoms with Crippen LogP contribution in [0.4, 0.5) is 11.4 Å². The number of benzene rings is 3. The number of sulfonamides is 1. The molecule has 1 atom stereocenters. The molecule has 8 heteroatoms. The summed E-state index contributed by atoms with van der Waals surface area (Å²) in [5, 5.41) is 3.02. The second-order valence-corrected chi connectivity index (χ2v) is 8.71. The van der Waals surface area contributed by atoms with Gasteiger partial charge in [-0.3, -0.25) is 9.52 Å². The van der Waals surface area contributed by atoms with Crippen molar-refractivity contribution in [2.24, 2.45) is 0 Å². The van der Waals surface area contributed by atoms with Gasteiger partial charge >= 0.3 is 0 Å². The van der Waals surface area contributed by atoms with E-state index in [2.05, 4.69) is 10.0 Å². The summed E-state index contributed by atoms with van der Waals surface area (Å²) in [7, 11) is -3.81. The number of carbonyl (C=O) groups excluding carboxylic acids is 1. The summed E-state index contributed by atoms with van der Waals surface area (Å²) < 4.78 is 33.3. The topological polar surface area (TPSA) is 84.5 Å². The SMILES string of the molecule is Cc1ccccc1O[C@@H](C)C(=O)Nc1ccc(S(=O)(=O)Nc2ccccc2Cl)cc1. The molecule has 1 amide bonds. The van der Waals surface area contributed by atoms with Crippen LogP contribution in [-0.4, -0.2) is 20.4 Å². The Morgan fingerprint density at radius 1 is 0.967 bits per heavy atom. The Hall–Kier alpha value is -3.03. The van der Waals surface area contributed by atoms with Crippen molar-refractivity contribution >= 4 is 38.9 Å². The lowest BCUT2D eigenvalue weighted by Crippen LogP contribution is -2.30. The Morgan fingerprint density at radius 3 is 2.27 bits per heavy atom. The molecule has 0 aromatic heterocycles. The van der Waals surface area contributed by atoms with Crippen LogP contribution < -0.4 is 14.8 Å². The fourth-order valence-electron chi connectivity index (χ4n) is 2.64. The molecule has 0 fully saturated rings. The van der Waals surface area contributed by atoms with Gasteiger partial charge < -0.3 is 10.1 Å². The predicted octanol–water partition coefficient (Wildman–Crippen LogP) is 4.86. The van der Waals surface area contributed by atoms with Crippen molar-refractivity contribution in [3.05, 3.63) is 83.4 Å². The van der Waals surface area contributed by atoms with E-state index in [9.17, 15) is 13.2 Å². The second kappa shape index (κ2) is 9.19. The third kappa shape index (κ3) is 5.31. The van der Waals surface area contributed by atoms with E-state index in [1.165, 1.54) is 24.3 Å². The van der Waals surface area contributed by atoms with Gasteiger partial charge in [-0.2, -0.15) is 0 Å². The number of ether oxygens (including phenoxy) is 1. The highest BCUT2D eigenvalue weighted by Gasteiger charge is 2.18. The Kier molecular flexibility index (Phi) is 6.64. The maximum atomic E-state index is 12.6. The summed E-state index contributed by atoms with van der Waals surface area (Å²) in [6, 6.07) is 19.8. The zero-order valence-corrected chi connectivity index (χ0v) is 18.0. The number of hydrogen-bond acceptors (Lipinski definition) is 4. The van der Waals surface area contributed by atoms with Crippen LogP contribution in [0.15, 0.2) is 77.7 Å². The summed E-state index contributed by atoms with van der Waals surface area (Å²) in [6.07, 6.45) is -0.726. The molecule has 0 radical (unpaired) electrons. The van der Waals surface area contributed by atoms with Gasteiger partial charge in [-0.05, 0) is 61.9 Å². The van der Waals surface area contributed by atoms with Crippen molar-refractivity contribution in [3.63, 3.8) is 0 Å². The Labute approximate surface area is 180 Å². The molecule has 3 aromatic rings. The molecule has 0 spiro atoms. The normalized spacial score (nSPS) is 12.1. The summed E-state index contributed by atoms with van der Waals surface area (Å²) in [5.41, 5.74) is 1.67. The summed E-state index contributed by atoms with van der Waals surface area (Å²) >= 11 is 6.01. The largest absolute Gasteiger partial charge is 0.481 e. The zero-order chi connectivity index (χ0) is 21.7. The van der Waals surface area contributed by atoms with Gasteiger partial charge in [-0.25, -0.2) is 8.42 Å². The van der Waals surface area contributed by atoms with Gasteiger partial charge in [0.25, 0.3) is 15.9 Å².